The molecule has 0 aliphatic carbocycles. The first-order chi connectivity index (χ1) is 11.4. The molecule has 0 radical (unpaired) electrons. The largest absolute Gasteiger partial charge is 0.395 e. The van der Waals surface area contributed by atoms with Gasteiger partial charge in [-0.3, -0.25) is 4.79 Å². The molecule has 6 N–H and O–H groups in total. The topological polar surface area (TPSA) is 142 Å². The Kier molecular flexibility index (Phi) is 13.1. The molecule has 0 spiro atoms. The maximum Gasteiger partial charge on any atom is 0.254 e. The van der Waals surface area contributed by atoms with Gasteiger partial charge in [0.25, 0.3) is 5.91 Å². The SMILES string of the molecule is CCCCCCCCN(CCO)C(=O)C(O)C(O)C(O)C(O)CO. The molecule has 144 valence electrons. The van der Waals surface area contributed by atoms with Crippen molar-refractivity contribution in [2.75, 3.05) is 26.3 Å². The molecular weight excluding hydrogens is 318 g/mol. The molecule has 24 heavy (non-hydrogen) atoms. The van der Waals surface area contributed by atoms with Crippen LogP contribution in [0.3, 0.4) is 0 Å². The molecule has 0 aliphatic rings. The molecule has 0 saturated heterocycles. The summed E-state index contributed by atoms with van der Waals surface area (Å²) in [5.74, 6) is -0.825. The molecule has 0 aliphatic heterocycles. The van der Waals surface area contributed by atoms with Crippen molar-refractivity contribution in [2.24, 2.45) is 0 Å². The second kappa shape index (κ2) is 13.5. The number of rotatable bonds is 14. The normalized spacial score (nSPS) is 16.5. The van der Waals surface area contributed by atoms with E-state index in [0.717, 1.165) is 32.1 Å². The van der Waals surface area contributed by atoms with Crippen molar-refractivity contribution in [2.45, 2.75) is 69.9 Å². The second-order valence-corrected chi connectivity index (χ2v) is 5.99. The Morgan fingerprint density at radius 2 is 1.46 bits per heavy atom. The molecule has 8 heteroatoms. The van der Waals surface area contributed by atoms with Crippen LogP contribution < -0.4 is 0 Å². The van der Waals surface area contributed by atoms with Gasteiger partial charge in [0.05, 0.1) is 13.2 Å². The predicted molar refractivity (Wildman–Crippen MR) is 88.2 cm³/mol. The van der Waals surface area contributed by atoms with Crippen LogP contribution in [0, 0.1) is 0 Å². The average molecular weight is 351 g/mol. The smallest absolute Gasteiger partial charge is 0.254 e. The van der Waals surface area contributed by atoms with Gasteiger partial charge in [0.1, 0.15) is 18.3 Å². The van der Waals surface area contributed by atoms with Gasteiger partial charge in [-0.25, -0.2) is 0 Å². The number of unbranched alkanes of at least 4 members (excludes halogenated alkanes) is 5. The lowest BCUT2D eigenvalue weighted by atomic mass is 10.0. The molecule has 1 amide bonds. The number of hydrogen-bond donors (Lipinski definition) is 6. The highest BCUT2D eigenvalue weighted by molar-refractivity contribution is 5.81. The van der Waals surface area contributed by atoms with Crippen LogP contribution >= 0.6 is 0 Å². The lowest BCUT2D eigenvalue weighted by Gasteiger charge is -2.29. The summed E-state index contributed by atoms with van der Waals surface area (Å²) in [7, 11) is 0. The molecular formula is C16H33NO7. The minimum Gasteiger partial charge on any atom is -0.395 e. The van der Waals surface area contributed by atoms with Gasteiger partial charge in [0.15, 0.2) is 6.10 Å². The minimum atomic E-state index is -1.94. The zero-order valence-corrected chi connectivity index (χ0v) is 14.4. The van der Waals surface area contributed by atoms with E-state index in [0.29, 0.717) is 13.0 Å². The van der Waals surface area contributed by atoms with Gasteiger partial charge in [0, 0.05) is 13.1 Å². The van der Waals surface area contributed by atoms with Crippen LogP contribution in [0.4, 0.5) is 0 Å². The molecule has 0 saturated carbocycles. The Morgan fingerprint density at radius 1 is 0.875 bits per heavy atom. The van der Waals surface area contributed by atoms with Crippen molar-refractivity contribution in [3.05, 3.63) is 0 Å². The van der Waals surface area contributed by atoms with Crippen molar-refractivity contribution in [3.63, 3.8) is 0 Å². The van der Waals surface area contributed by atoms with Gasteiger partial charge in [-0.1, -0.05) is 39.0 Å². The number of aliphatic hydroxyl groups excluding tert-OH is 6. The third kappa shape index (κ3) is 8.36. The van der Waals surface area contributed by atoms with E-state index in [1.165, 1.54) is 4.90 Å². The van der Waals surface area contributed by atoms with Crippen LogP contribution in [0.1, 0.15) is 45.4 Å². The van der Waals surface area contributed by atoms with Crippen molar-refractivity contribution < 1.29 is 35.4 Å². The van der Waals surface area contributed by atoms with Crippen LogP contribution in [-0.2, 0) is 4.79 Å². The van der Waals surface area contributed by atoms with Crippen LogP contribution in [0.2, 0.25) is 0 Å². The summed E-state index contributed by atoms with van der Waals surface area (Å²) in [6.45, 7) is 1.37. The number of hydrogen-bond acceptors (Lipinski definition) is 7. The van der Waals surface area contributed by atoms with E-state index in [1.807, 2.05) is 0 Å². The maximum absolute atomic E-state index is 12.2. The zero-order valence-electron chi connectivity index (χ0n) is 14.4. The summed E-state index contributed by atoms with van der Waals surface area (Å²) >= 11 is 0. The molecule has 0 bridgehead atoms. The van der Waals surface area contributed by atoms with Gasteiger partial charge in [-0.15, -0.1) is 0 Å². The summed E-state index contributed by atoms with van der Waals surface area (Å²) in [6.07, 6.45) is -1.28. The molecule has 4 unspecified atom stereocenters. The number of aliphatic hydroxyl groups is 6. The van der Waals surface area contributed by atoms with E-state index in [2.05, 4.69) is 6.92 Å². The molecule has 0 aromatic carbocycles. The standard InChI is InChI=1S/C16H33NO7/c1-2-3-4-5-6-7-8-17(9-10-18)16(24)15(23)14(22)13(21)12(20)11-19/h12-15,18-23H,2-11H2,1H3. The lowest BCUT2D eigenvalue weighted by Crippen LogP contribution is -2.53. The second-order valence-electron chi connectivity index (χ2n) is 5.99. The Morgan fingerprint density at radius 3 is 2.00 bits per heavy atom. The molecule has 0 heterocycles. The molecule has 0 fully saturated rings. The zero-order chi connectivity index (χ0) is 18.5. The first kappa shape index (κ1) is 23.2. The molecule has 0 rings (SSSR count). The fourth-order valence-corrected chi connectivity index (χ4v) is 2.39. The maximum atomic E-state index is 12.2. The Balaban J connectivity index is 4.48. The van der Waals surface area contributed by atoms with E-state index in [9.17, 15) is 25.2 Å². The number of carbonyl (C=O) groups excluding carboxylic acids is 1. The van der Waals surface area contributed by atoms with Gasteiger partial charge in [0.2, 0.25) is 0 Å². The number of carbonyl (C=O) groups is 1. The fraction of sp³-hybridized carbons (Fsp3) is 0.938. The van der Waals surface area contributed by atoms with Crippen molar-refractivity contribution >= 4 is 5.91 Å². The molecule has 4 atom stereocenters. The Hall–Kier alpha value is -0.770. The molecule has 8 nitrogen and oxygen atoms in total. The highest BCUT2D eigenvalue weighted by atomic mass is 16.4. The van der Waals surface area contributed by atoms with E-state index in [4.69, 9.17) is 10.2 Å². The number of nitrogens with zero attached hydrogens (tertiary/aromatic N) is 1. The van der Waals surface area contributed by atoms with Gasteiger partial charge >= 0.3 is 0 Å². The first-order valence-electron chi connectivity index (χ1n) is 8.63. The highest BCUT2D eigenvalue weighted by Gasteiger charge is 2.36. The lowest BCUT2D eigenvalue weighted by molar-refractivity contribution is -0.158. The molecule has 0 aromatic rings. The highest BCUT2D eigenvalue weighted by Crippen LogP contribution is 2.10. The van der Waals surface area contributed by atoms with Gasteiger partial charge < -0.3 is 35.5 Å². The van der Waals surface area contributed by atoms with Crippen molar-refractivity contribution in [1.29, 1.82) is 0 Å². The van der Waals surface area contributed by atoms with E-state index < -0.39 is 36.9 Å². The summed E-state index contributed by atoms with van der Waals surface area (Å²) in [4.78, 5) is 13.4. The van der Waals surface area contributed by atoms with Gasteiger partial charge in [-0.05, 0) is 6.42 Å². The van der Waals surface area contributed by atoms with Crippen LogP contribution in [-0.4, -0.2) is 92.2 Å². The molecule has 0 aromatic heterocycles. The quantitative estimate of drug-likeness (QED) is 0.211. The first-order valence-corrected chi connectivity index (χ1v) is 8.63. The monoisotopic (exact) mass is 351 g/mol. The van der Waals surface area contributed by atoms with Crippen LogP contribution in [0.15, 0.2) is 0 Å². The third-order valence-corrected chi connectivity index (χ3v) is 3.97. The Labute approximate surface area is 143 Å². The van der Waals surface area contributed by atoms with E-state index >= 15 is 0 Å². The Bertz CT molecular complexity index is 330. The summed E-state index contributed by atoms with van der Waals surface area (Å²) in [6, 6.07) is 0. The summed E-state index contributed by atoms with van der Waals surface area (Å²) < 4.78 is 0. The van der Waals surface area contributed by atoms with Crippen LogP contribution in [0.5, 0.6) is 0 Å². The van der Waals surface area contributed by atoms with Crippen LogP contribution in [0.25, 0.3) is 0 Å². The number of amides is 1. The van der Waals surface area contributed by atoms with Gasteiger partial charge in [-0.2, -0.15) is 0 Å². The van der Waals surface area contributed by atoms with Crippen molar-refractivity contribution in [1.82, 2.24) is 4.90 Å². The van der Waals surface area contributed by atoms with Crippen molar-refractivity contribution in [3.8, 4) is 0 Å². The third-order valence-electron chi connectivity index (χ3n) is 3.97. The fourth-order valence-electron chi connectivity index (χ4n) is 2.39. The summed E-state index contributed by atoms with van der Waals surface area (Å²) in [5.41, 5.74) is 0. The summed E-state index contributed by atoms with van der Waals surface area (Å²) in [5, 5.41) is 56.3. The minimum absolute atomic E-state index is 0.0101. The van der Waals surface area contributed by atoms with E-state index in [-0.39, 0.29) is 13.2 Å². The predicted octanol–water partition coefficient (Wildman–Crippen LogP) is -1.40. The average Bonchev–Trinajstić information content (AvgIpc) is 2.60. The van der Waals surface area contributed by atoms with E-state index in [1.54, 1.807) is 0 Å².